The van der Waals surface area contributed by atoms with Crippen LogP contribution in [0.25, 0.3) is 0 Å². The van der Waals surface area contributed by atoms with Gasteiger partial charge in [0, 0.05) is 13.2 Å². The maximum absolute atomic E-state index is 11.1. The Balaban J connectivity index is 2.35. The van der Waals surface area contributed by atoms with Gasteiger partial charge in [0.15, 0.2) is 0 Å². The summed E-state index contributed by atoms with van der Waals surface area (Å²) in [4.78, 5) is 12.9. The molecule has 0 spiro atoms. The molecule has 1 amide bonds. The fourth-order valence-corrected chi connectivity index (χ4v) is 2.07. The molecule has 1 rings (SSSR count). The first-order chi connectivity index (χ1) is 5.25. The zero-order valence-corrected chi connectivity index (χ0v) is 7.43. The lowest BCUT2D eigenvalue weighted by atomic mass is 10.4. The van der Waals surface area contributed by atoms with Crippen molar-refractivity contribution in [3.05, 3.63) is 0 Å². The van der Waals surface area contributed by atoms with Gasteiger partial charge < -0.3 is 10.0 Å². The zero-order valence-electron chi connectivity index (χ0n) is 6.62. The van der Waals surface area contributed by atoms with Crippen LogP contribution in [0.4, 0.5) is 0 Å². The van der Waals surface area contributed by atoms with E-state index in [-0.39, 0.29) is 12.5 Å². The van der Waals surface area contributed by atoms with E-state index < -0.39 is 0 Å². The first kappa shape index (κ1) is 8.87. The second-order valence-corrected chi connectivity index (χ2v) is 3.88. The number of aliphatic hydroxyl groups excluding tert-OH is 1. The van der Waals surface area contributed by atoms with Crippen LogP contribution < -0.4 is 0 Å². The minimum Gasteiger partial charge on any atom is -0.396 e. The Morgan fingerprint density at radius 3 is 3.00 bits per heavy atom. The van der Waals surface area contributed by atoms with Crippen LogP contribution in [0.2, 0.25) is 0 Å². The number of nitrogens with zero attached hydrogens (tertiary/aromatic N) is 1. The molecule has 1 heterocycles. The van der Waals surface area contributed by atoms with E-state index in [2.05, 4.69) is 0 Å². The summed E-state index contributed by atoms with van der Waals surface area (Å²) in [7, 11) is 0. The molecular formula is C7H13NO2S. The van der Waals surface area contributed by atoms with Crippen molar-refractivity contribution < 1.29 is 9.90 Å². The summed E-state index contributed by atoms with van der Waals surface area (Å²) >= 11 is 1.66. The molecule has 1 aliphatic heterocycles. The van der Waals surface area contributed by atoms with Gasteiger partial charge >= 0.3 is 0 Å². The molecule has 3 nitrogen and oxygen atoms in total. The number of hydrogen-bond donors (Lipinski definition) is 1. The summed E-state index contributed by atoms with van der Waals surface area (Å²) in [5, 5.41) is 8.85. The van der Waals surface area contributed by atoms with Crippen LogP contribution in [0.5, 0.6) is 0 Å². The molecule has 0 aromatic heterocycles. The van der Waals surface area contributed by atoms with Crippen LogP contribution in [0.15, 0.2) is 0 Å². The van der Waals surface area contributed by atoms with Crippen LogP contribution in [0, 0.1) is 0 Å². The molecule has 0 aliphatic carbocycles. The number of thioether (sulfide) groups is 1. The lowest BCUT2D eigenvalue weighted by molar-refractivity contribution is -0.127. The summed E-state index contributed by atoms with van der Waals surface area (Å²) in [5.41, 5.74) is 0. The molecule has 64 valence electrons. The first-order valence-corrected chi connectivity index (χ1v) is 4.82. The van der Waals surface area contributed by atoms with Gasteiger partial charge in [0.25, 0.3) is 0 Å². The highest BCUT2D eigenvalue weighted by Gasteiger charge is 2.26. The Hall–Kier alpha value is -0.220. The Morgan fingerprint density at radius 1 is 1.82 bits per heavy atom. The predicted molar refractivity (Wildman–Crippen MR) is 45.3 cm³/mol. The molecule has 1 saturated heterocycles. The second-order valence-electron chi connectivity index (χ2n) is 2.57. The monoisotopic (exact) mass is 175 g/mol. The Morgan fingerprint density at radius 2 is 2.55 bits per heavy atom. The highest BCUT2D eigenvalue weighted by molar-refractivity contribution is 8.00. The van der Waals surface area contributed by atoms with E-state index in [9.17, 15) is 4.79 Å². The van der Waals surface area contributed by atoms with Crippen molar-refractivity contribution in [2.45, 2.75) is 18.7 Å². The zero-order chi connectivity index (χ0) is 8.27. The highest BCUT2D eigenvalue weighted by Crippen LogP contribution is 2.23. The molecule has 11 heavy (non-hydrogen) atoms. The van der Waals surface area contributed by atoms with Gasteiger partial charge in [0.05, 0.1) is 11.1 Å². The number of amides is 1. The van der Waals surface area contributed by atoms with E-state index in [1.807, 2.05) is 11.8 Å². The number of aliphatic hydroxyl groups is 1. The molecule has 0 aromatic rings. The fourth-order valence-electron chi connectivity index (χ4n) is 1.12. The molecule has 1 atom stereocenters. The van der Waals surface area contributed by atoms with Crippen molar-refractivity contribution >= 4 is 17.7 Å². The molecule has 1 N–H and O–H groups in total. The third kappa shape index (κ3) is 2.10. The third-order valence-corrected chi connectivity index (χ3v) is 2.91. The molecular weight excluding hydrogens is 162 g/mol. The maximum Gasteiger partial charge on any atom is 0.233 e. The van der Waals surface area contributed by atoms with Gasteiger partial charge in [-0.3, -0.25) is 4.79 Å². The molecule has 1 aliphatic rings. The van der Waals surface area contributed by atoms with Crippen LogP contribution in [-0.2, 0) is 4.79 Å². The molecule has 0 aromatic carbocycles. The number of carbonyl (C=O) groups is 1. The molecule has 0 saturated carbocycles. The van der Waals surface area contributed by atoms with Crippen molar-refractivity contribution in [2.24, 2.45) is 0 Å². The van der Waals surface area contributed by atoms with Crippen LogP contribution in [0.3, 0.4) is 0 Å². The smallest absolute Gasteiger partial charge is 0.233 e. The van der Waals surface area contributed by atoms with Gasteiger partial charge in [-0.25, -0.2) is 0 Å². The summed E-state index contributed by atoms with van der Waals surface area (Å²) in [6.45, 7) is 2.89. The maximum atomic E-state index is 11.1. The van der Waals surface area contributed by atoms with Gasteiger partial charge in [0.2, 0.25) is 5.91 Å². The second kappa shape index (κ2) is 3.97. The van der Waals surface area contributed by atoms with Gasteiger partial charge in [-0.05, 0) is 13.3 Å². The van der Waals surface area contributed by atoms with E-state index in [4.69, 9.17) is 5.11 Å². The number of rotatable bonds is 3. The third-order valence-electron chi connectivity index (χ3n) is 1.76. The summed E-state index contributed by atoms with van der Waals surface area (Å²) < 4.78 is 0. The predicted octanol–water partition coefficient (Wildman–Crippen LogP) is 0.290. The fraction of sp³-hybridized carbons (Fsp3) is 0.857. The lowest BCUT2D eigenvalue weighted by Crippen LogP contribution is -2.32. The van der Waals surface area contributed by atoms with Gasteiger partial charge in [-0.2, -0.15) is 0 Å². The number of carbonyl (C=O) groups excluding carboxylic acids is 1. The normalized spacial score (nSPS) is 24.7. The topological polar surface area (TPSA) is 40.5 Å². The quantitative estimate of drug-likeness (QED) is 0.670. The Labute approximate surface area is 70.8 Å². The van der Waals surface area contributed by atoms with Gasteiger partial charge in [-0.1, -0.05) is 0 Å². The number of hydrogen-bond acceptors (Lipinski definition) is 3. The van der Waals surface area contributed by atoms with Gasteiger partial charge in [0.1, 0.15) is 0 Å². The summed E-state index contributed by atoms with van der Waals surface area (Å²) in [6, 6.07) is 0. The molecule has 0 bridgehead atoms. The van der Waals surface area contributed by atoms with Gasteiger partial charge in [-0.15, -0.1) is 11.8 Å². The minimum absolute atomic E-state index is 0.168. The van der Waals surface area contributed by atoms with Crippen molar-refractivity contribution in [2.75, 3.05) is 18.9 Å². The highest BCUT2D eigenvalue weighted by atomic mass is 32.2. The lowest BCUT2D eigenvalue weighted by Gasteiger charge is -2.19. The largest absolute Gasteiger partial charge is 0.396 e. The van der Waals surface area contributed by atoms with E-state index in [1.54, 1.807) is 11.8 Å². The van der Waals surface area contributed by atoms with Crippen molar-refractivity contribution in [1.82, 2.24) is 4.90 Å². The SMILES string of the molecule is CC1SCC(=O)N1CCCO. The van der Waals surface area contributed by atoms with E-state index in [1.165, 1.54) is 0 Å². The van der Waals surface area contributed by atoms with Crippen molar-refractivity contribution in [3.8, 4) is 0 Å². The average Bonchev–Trinajstić information content (AvgIpc) is 2.29. The van der Waals surface area contributed by atoms with E-state index >= 15 is 0 Å². The standard InChI is InChI=1S/C7H13NO2S/c1-6-8(3-2-4-9)7(10)5-11-6/h6,9H,2-5H2,1H3. The van der Waals surface area contributed by atoms with E-state index in [0.717, 1.165) is 0 Å². The summed E-state index contributed by atoms with van der Waals surface area (Å²) in [5.74, 6) is 0.808. The van der Waals surface area contributed by atoms with Crippen molar-refractivity contribution in [3.63, 3.8) is 0 Å². The Bertz CT molecular complexity index is 151. The summed E-state index contributed by atoms with van der Waals surface area (Å²) in [6.07, 6.45) is 0.691. The van der Waals surface area contributed by atoms with Crippen molar-refractivity contribution in [1.29, 1.82) is 0 Å². The first-order valence-electron chi connectivity index (χ1n) is 3.77. The average molecular weight is 175 g/mol. The van der Waals surface area contributed by atoms with Crippen LogP contribution >= 0.6 is 11.8 Å². The Kier molecular flexibility index (Phi) is 3.20. The molecule has 4 heteroatoms. The molecule has 1 unspecified atom stereocenters. The van der Waals surface area contributed by atoms with E-state index in [0.29, 0.717) is 24.1 Å². The van der Waals surface area contributed by atoms with Crippen LogP contribution in [-0.4, -0.2) is 40.2 Å². The minimum atomic E-state index is 0.168. The molecule has 1 fully saturated rings. The van der Waals surface area contributed by atoms with Crippen LogP contribution in [0.1, 0.15) is 13.3 Å². The molecule has 0 radical (unpaired) electrons.